The number of hydrogen-bond acceptors (Lipinski definition) is 3. The molecule has 2 aliphatic rings. The van der Waals surface area contributed by atoms with Crippen molar-refractivity contribution in [3.63, 3.8) is 0 Å². The maximum atomic E-state index is 13.0. The first-order chi connectivity index (χ1) is 8.90. The Morgan fingerprint density at radius 1 is 1.47 bits per heavy atom. The van der Waals surface area contributed by atoms with E-state index in [1.807, 2.05) is 0 Å². The van der Waals surface area contributed by atoms with Crippen molar-refractivity contribution in [1.29, 1.82) is 0 Å². The lowest BCUT2D eigenvalue weighted by molar-refractivity contribution is -0.145. The molecule has 0 bridgehead atoms. The second kappa shape index (κ2) is 3.72. The molecule has 1 aliphatic carbocycles. The minimum Gasteiger partial charge on any atom is -0.468 e. The number of nitrogens with one attached hydrogen (secondary N) is 1. The summed E-state index contributed by atoms with van der Waals surface area (Å²) >= 11 is 0. The number of carbonyl (C=O) groups is 1. The summed E-state index contributed by atoms with van der Waals surface area (Å²) < 4.78 is 43.8. The summed E-state index contributed by atoms with van der Waals surface area (Å²) in [6, 6.07) is 4.14. The molecule has 1 aromatic rings. The first-order valence-corrected chi connectivity index (χ1v) is 5.92. The summed E-state index contributed by atoms with van der Waals surface area (Å²) in [5.74, 6) is -0.929. The summed E-state index contributed by atoms with van der Waals surface area (Å²) in [6.45, 7) is 0.255. The summed E-state index contributed by atoms with van der Waals surface area (Å²) in [7, 11) is 1.25. The van der Waals surface area contributed by atoms with Crippen LogP contribution < -0.4 is 5.32 Å². The Hall–Kier alpha value is -1.56. The number of ether oxygens (including phenoxy) is 1. The van der Waals surface area contributed by atoms with E-state index in [4.69, 9.17) is 4.74 Å². The van der Waals surface area contributed by atoms with Gasteiger partial charge in [-0.05, 0) is 23.6 Å². The lowest BCUT2D eigenvalue weighted by Gasteiger charge is -2.26. The monoisotopic (exact) mass is 271 g/mol. The predicted octanol–water partition coefficient (Wildman–Crippen LogP) is 2.21. The number of halogens is 3. The van der Waals surface area contributed by atoms with E-state index in [-0.39, 0.29) is 12.1 Å². The number of esters is 1. The Bertz CT molecular complexity index is 555. The van der Waals surface area contributed by atoms with E-state index in [0.29, 0.717) is 12.0 Å². The largest absolute Gasteiger partial charge is 0.468 e. The van der Waals surface area contributed by atoms with Crippen LogP contribution >= 0.6 is 0 Å². The molecule has 2 unspecified atom stereocenters. The van der Waals surface area contributed by atoms with Gasteiger partial charge in [0.1, 0.15) is 5.54 Å². The number of methoxy groups -OCH3 is 1. The molecule has 1 saturated carbocycles. The molecule has 3 nitrogen and oxygen atoms in total. The molecule has 102 valence electrons. The summed E-state index contributed by atoms with van der Waals surface area (Å²) in [5.41, 5.74) is -0.735. The highest BCUT2D eigenvalue weighted by atomic mass is 19.4. The van der Waals surface area contributed by atoms with Gasteiger partial charge in [-0.1, -0.05) is 12.1 Å². The molecule has 0 spiro atoms. The molecule has 19 heavy (non-hydrogen) atoms. The molecule has 0 aromatic heterocycles. The van der Waals surface area contributed by atoms with E-state index in [0.717, 1.165) is 6.07 Å². The highest BCUT2D eigenvalue weighted by Gasteiger charge is 2.65. The lowest BCUT2D eigenvalue weighted by Crippen LogP contribution is -2.44. The standard InChI is InChI=1S/C13H12F3NO2/c1-19-11(18)12-5-9(12)10-7(6-17-12)3-2-4-8(10)13(14,15)16/h2-4,9,17H,5-6H2,1H3. The Morgan fingerprint density at radius 3 is 2.84 bits per heavy atom. The zero-order valence-corrected chi connectivity index (χ0v) is 10.2. The van der Waals surface area contributed by atoms with E-state index in [1.54, 1.807) is 6.07 Å². The second-order valence-corrected chi connectivity index (χ2v) is 4.95. The molecular weight excluding hydrogens is 259 g/mol. The Kier molecular flexibility index (Phi) is 2.44. The molecule has 6 heteroatoms. The van der Waals surface area contributed by atoms with E-state index in [1.165, 1.54) is 13.2 Å². The van der Waals surface area contributed by atoms with Gasteiger partial charge in [0.25, 0.3) is 0 Å². The van der Waals surface area contributed by atoms with E-state index >= 15 is 0 Å². The molecule has 3 rings (SSSR count). The number of benzene rings is 1. The van der Waals surface area contributed by atoms with Crippen LogP contribution in [-0.4, -0.2) is 18.6 Å². The maximum absolute atomic E-state index is 13.0. The third kappa shape index (κ3) is 1.66. The van der Waals surface area contributed by atoms with Crippen molar-refractivity contribution in [2.24, 2.45) is 0 Å². The van der Waals surface area contributed by atoms with Gasteiger partial charge in [0.15, 0.2) is 0 Å². The van der Waals surface area contributed by atoms with Crippen LogP contribution in [0.4, 0.5) is 13.2 Å². The molecule has 1 aromatic carbocycles. The predicted molar refractivity (Wildman–Crippen MR) is 60.4 cm³/mol. The second-order valence-electron chi connectivity index (χ2n) is 4.95. The average molecular weight is 271 g/mol. The highest BCUT2D eigenvalue weighted by molar-refractivity contribution is 5.88. The normalized spacial score (nSPS) is 28.3. The summed E-state index contributed by atoms with van der Waals surface area (Å²) in [5, 5.41) is 3.01. The SMILES string of the molecule is COC(=O)C12CC1c1c(cccc1C(F)(F)F)CN2. The van der Waals surface area contributed by atoms with Gasteiger partial charge in [-0.3, -0.25) is 10.1 Å². The van der Waals surface area contributed by atoms with E-state index < -0.39 is 29.2 Å². The maximum Gasteiger partial charge on any atom is 0.416 e. The third-order valence-corrected chi connectivity index (χ3v) is 3.96. The van der Waals surface area contributed by atoms with Crippen LogP contribution in [0.15, 0.2) is 18.2 Å². The fraction of sp³-hybridized carbons (Fsp3) is 0.462. The topological polar surface area (TPSA) is 38.3 Å². The third-order valence-electron chi connectivity index (χ3n) is 3.96. The Morgan fingerprint density at radius 2 is 2.21 bits per heavy atom. The van der Waals surface area contributed by atoms with Crippen molar-refractivity contribution < 1.29 is 22.7 Å². The van der Waals surface area contributed by atoms with Crippen LogP contribution in [0.1, 0.15) is 29.0 Å². The van der Waals surface area contributed by atoms with Gasteiger partial charge in [0, 0.05) is 12.5 Å². The fourth-order valence-electron chi connectivity index (χ4n) is 2.97. The quantitative estimate of drug-likeness (QED) is 0.796. The minimum absolute atomic E-state index is 0.249. The van der Waals surface area contributed by atoms with Crippen LogP contribution in [0, 0.1) is 0 Å². The molecule has 2 atom stereocenters. The number of fused-ring (bicyclic) bond motifs is 3. The smallest absolute Gasteiger partial charge is 0.416 e. The van der Waals surface area contributed by atoms with Crippen LogP contribution in [-0.2, 0) is 22.3 Å². The number of rotatable bonds is 1. The van der Waals surface area contributed by atoms with Crippen LogP contribution in [0.2, 0.25) is 0 Å². The van der Waals surface area contributed by atoms with Crippen molar-refractivity contribution in [3.8, 4) is 0 Å². The van der Waals surface area contributed by atoms with Crippen molar-refractivity contribution in [3.05, 3.63) is 34.9 Å². The molecular formula is C13H12F3NO2. The van der Waals surface area contributed by atoms with E-state index in [2.05, 4.69) is 5.32 Å². The van der Waals surface area contributed by atoms with Gasteiger partial charge in [-0.2, -0.15) is 13.2 Å². The van der Waals surface area contributed by atoms with Gasteiger partial charge >= 0.3 is 12.1 Å². The van der Waals surface area contributed by atoms with E-state index in [9.17, 15) is 18.0 Å². The molecule has 0 saturated heterocycles. The number of alkyl halides is 3. The van der Waals surface area contributed by atoms with Crippen molar-refractivity contribution in [2.75, 3.05) is 7.11 Å². The van der Waals surface area contributed by atoms with Gasteiger partial charge in [-0.25, -0.2) is 0 Å². The molecule has 1 heterocycles. The van der Waals surface area contributed by atoms with Gasteiger partial charge in [0.2, 0.25) is 0 Å². The zero-order valence-electron chi connectivity index (χ0n) is 10.2. The molecule has 1 fully saturated rings. The summed E-state index contributed by atoms with van der Waals surface area (Å²) in [6.07, 6.45) is -4.03. The van der Waals surface area contributed by atoms with Crippen LogP contribution in [0.3, 0.4) is 0 Å². The zero-order chi connectivity index (χ0) is 13.8. The van der Waals surface area contributed by atoms with Gasteiger partial charge < -0.3 is 4.74 Å². The first kappa shape index (κ1) is 12.5. The van der Waals surface area contributed by atoms with Gasteiger partial charge in [0.05, 0.1) is 12.7 Å². The molecule has 0 amide bonds. The Labute approximate surface area is 107 Å². The van der Waals surface area contributed by atoms with Crippen molar-refractivity contribution >= 4 is 5.97 Å². The van der Waals surface area contributed by atoms with Crippen LogP contribution in [0.5, 0.6) is 0 Å². The van der Waals surface area contributed by atoms with Gasteiger partial charge in [-0.15, -0.1) is 0 Å². The first-order valence-electron chi connectivity index (χ1n) is 5.92. The molecule has 0 radical (unpaired) electrons. The minimum atomic E-state index is -4.40. The van der Waals surface area contributed by atoms with Crippen molar-refractivity contribution in [1.82, 2.24) is 5.32 Å². The molecule has 1 N–H and O–H groups in total. The lowest BCUT2D eigenvalue weighted by atomic mass is 9.91. The summed E-state index contributed by atoms with van der Waals surface area (Å²) in [4.78, 5) is 11.7. The average Bonchev–Trinajstić information content (AvgIpc) is 3.12. The Balaban J connectivity index is 2.08. The molecule has 1 aliphatic heterocycles. The number of carbonyl (C=O) groups excluding carboxylic acids is 1. The number of hydrogen-bond donors (Lipinski definition) is 1. The highest BCUT2D eigenvalue weighted by Crippen LogP contribution is 2.58. The van der Waals surface area contributed by atoms with Crippen molar-refractivity contribution in [2.45, 2.75) is 30.6 Å². The van der Waals surface area contributed by atoms with Crippen LogP contribution in [0.25, 0.3) is 0 Å². The fourth-order valence-corrected chi connectivity index (χ4v) is 2.97.